The summed E-state index contributed by atoms with van der Waals surface area (Å²) in [6, 6.07) is 5.68. The summed E-state index contributed by atoms with van der Waals surface area (Å²) in [4.78, 5) is 15.5. The summed E-state index contributed by atoms with van der Waals surface area (Å²) in [6.07, 6.45) is 7.40. The van der Waals surface area contributed by atoms with Gasteiger partial charge in [-0.05, 0) is 18.1 Å². The van der Waals surface area contributed by atoms with Crippen LogP contribution in [0.25, 0.3) is 10.9 Å². The largest absolute Gasteiger partial charge is 0.360 e. The van der Waals surface area contributed by atoms with Crippen LogP contribution in [0.15, 0.2) is 24.4 Å². The molecule has 0 radical (unpaired) electrons. The van der Waals surface area contributed by atoms with Crippen molar-refractivity contribution in [3.63, 3.8) is 0 Å². The lowest BCUT2D eigenvalue weighted by atomic mass is 9.97. The van der Waals surface area contributed by atoms with E-state index in [9.17, 15) is 4.79 Å². The summed E-state index contributed by atoms with van der Waals surface area (Å²) in [5.41, 5.74) is 1.69. The molecule has 1 heterocycles. The Morgan fingerprint density at radius 2 is 2.11 bits per heavy atom. The Labute approximate surface area is 111 Å². The summed E-state index contributed by atoms with van der Waals surface area (Å²) >= 11 is 6.19. The zero-order valence-corrected chi connectivity index (χ0v) is 11.0. The van der Waals surface area contributed by atoms with Gasteiger partial charge >= 0.3 is 0 Å². The number of hydrogen-bond donors (Lipinski definition) is 1. The first-order valence-electron chi connectivity index (χ1n) is 6.54. The van der Waals surface area contributed by atoms with E-state index in [4.69, 9.17) is 11.6 Å². The van der Waals surface area contributed by atoms with E-state index in [1.165, 1.54) is 25.7 Å². The van der Waals surface area contributed by atoms with Crippen molar-refractivity contribution in [1.82, 2.24) is 4.98 Å². The van der Waals surface area contributed by atoms with Crippen LogP contribution < -0.4 is 0 Å². The first-order chi connectivity index (χ1) is 8.75. The number of rotatable bonds is 3. The zero-order chi connectivity index (χ0) is 12.5. The molecule has 0 spiro atoms. The number of aromatic nitrogens is 1. The van der Waals surface area contributed by atoms with Crippen molar-refractivity contribution in [2.24, 2.45) is 5.92 Å². The van der Waals surface area contributed by atoms with Crippen LogP contribution >= 0.6 is 11.6 Å². The fourth-order valence-corrected chi connectivity index (χ4v) is 3.22. The third-order valence-corrected chi connectivity index (χ3v) is 4.22. The molecule has 1 fully saturated rings. The van der Waals surface area contributed by atoms with Crippen molar-refractivity contribution in [2.45, 2.75) is 32.1 Å². The molecule has 0 atom stereocenters. The summed E-state index contributed by atoms with van der Waals surface area (Å²) in [7, 11) is 0. The molecular formula is C15H16ClNO. The number of benzene rings is 1. The van der Waals surface area contributed by atoms with Gasteiger partial charge in [0.15, 0.2) is 5.78 Å². The fourth-order valence-electron chi connectivity index (χ4n) is 2.95. The predicted molar refractivity (Wildman–Crippen MR) is 74.2 cm³/mol. The van der Waals surface area contributed by atoms with E-state index in [2.05, 4.69) is 4.98 Å². The van der Waals surface area contributed by atoms with Gasteiger partial charge in [-0.2, -0.15) is 0 Å². The normalized spacial score (nSPS) is 16.5. The lowest BCUT2D eigenvalue weighted by molar-refractivity contribution is 0.0964. The van der Waals surface area contributed by atoms with Crippen LogP contribution in [0, 0.1) is 5.92 Å². The van der Waals surface area contributed by atoms with Crippen LogP contribution in [0.1, 0.15) is 42.5 Å². The Kier molecular flexibility index (Phi) is 3.13. The Bertz CT molecular complexity index is 581. The summed E-state index contributed by atoms with van der Waals surface area (Å²) in [5, 5.41) is 1.53. The number of H-pyrrole nitrogens is 1. The van der Waals surface area contributed by atoms with Gasteiger partial charge in [-0.1, -0.05) is 43.4 Å². The molecule has 1 aliphatic rings. The fraction of sp³-hybridized carbons (Fsp3) is 0.400. The minimum atomic E-state index is 0.223. The average molecular weight is 262 g/mol. The van der Waals surface area contributed by atoms with Gasteiger partial charge in [-0.15, -0.1) is 0 Å². The van der Waals surface area contributed by atoms with Gasteiger partial charge in [0.2, 0.25) is 0 Å². The smallest absolute Gasteiger partial charge is 0.165 e. The minimum Gasteiger partial charge on any atom is -0.360 e. The van der Waals surface area contributed by atoms with Crippen molar-refractivity contribution < 1.29 is 4.79 Å². The number of ketones is 1. The van der Waals surface area contributed by atoms with Gasteiger partial charge in [0.1, 0.15) is 0 Å². The van der Waals surface area contributed by atoms with Gasteiger partial charge in [-0.25, -0.2) is 0 Å². The topological polar surface area (TPSA) is 32.9 Å². The van der Waals surface area contributed by atoms with E-state index in [0.717, 1.165) is 16.5 Å². The SMILES string of the molecule is O=C(CC1CCCC1)c1c[nH]c2cccc(Cl)c12. The van der Waals surface area contributed by atoms with Gasteiger partial charge in [0, 0.05) is 29.1 Å². The standard InChI is InChI=1S/C15H16ClNO/c16-12-6-3-7-13-15(12)11(9-17-13)14(18)8-10-4-1-2-5-10/h3,6-7,9-10,17H,1-2,4-5,8H2. The molecule has 1 aliphatic carbocycles. The van der Waals surface area contributed by atoms with E-state index in [-0.39, 0.29) is 5.78 Å². The maximum atomic E-state index is 12.3. The van der Waals surface area contributed by atoms with E-state index in [1.54, 1.807) is 6.20 Å². The Balaban J connectivity index is 1.91. The summed E-state index contributed by atoms with van der Waals surface area (Å²) < 4.78 is 0. The average Bonchev–Trinajstić information content (AvgIpc) is 2.97. The molecule has 0 unspecified atom stereocenters. The third-order valence-electron chi connectivity index (χ3n) is 3.90. The van der Waals surface area contributed by atoms with E-state index in [1.807, 2.05) is 18.2 Å². The van der Waals surface area contributed by atoms with Crippen LogP contribution in [0.4, 0.5) is 0 Å². The van der Waals surface area contributed by atoms with Crippen LogP contribution in [0.3, 0.4) is 0 Å². The van der Waals surface area contributed by atoms with Crippen LogP contribution in [-0.2, 0) is 0 Å². The molecule has 1 aromatic heterocycles. The maximum absolute atomic E-state index is 12.3. The Hall–Kier alpha value is -1.28. The van der Waals surface area contributed by atoms with Crippen molar-refractivity contribution >= 4 is 28.3 Å². The number of Topliss-reactive ketones (excluding diaryl/α,β-unsaturated/α-hetero) is 1. The second-order valence-corrected chi connectivity index (χ2v) is 5.55. The quantitative estimate of drug-likeness (QED) is 0.806. The van der Waals surface area contributed by atoms with Gasteiger partial charge in [0.25, 0.3) is 0 Å². The Morgan fingerprint density at radius 3 is 2.89 bits per heavy atom. The molecule has 1 N–H and O–H groups in total. The van der Waals surface area contributed by atoms with Crippen molar-refractivity contribution in [2.75, 3.05) is 0 Å². The number of fused-ring (bicyclic) bond motifs is 1. The van der Waals surface area contributed by atoms with Crippen LogP contribution in [0.2, 0.25) is 5.02 Å². The molecule has 2 nitrogen and oxygen atoms in total. The van der Waals surface area contributed by atoms with E-state index in [0.29, 0.717) is 17.4 Å². The van der Waals surface area contributed by atoms with Gasteiger partial charge < -0.3 is 4.98 Å². The lowest BCUT2D eigenvalue weighted by Crippen LogP contribution is -2.05. The first kappa shape index (κ1) is 11.8. The molecular weight excluding hydrogens is 246 g/mol. The number of carbonyl (C=O) groups is 1. The second kappa shape index (κ2) is 4.77. The van der Waals surface area contributed by atoms with Crippen molar-refractivity contribution in [3.8, 4) is 0 Å². The molecule has 18 heavy (non-hydrogen) atoms. The molecule has 3 heteroatoms. The number of halogens is 1. The van der Waals surface area contributed by atoms with Crippen molar-refractivity contribution in [3.05, 3.63) is 35.0 Å². The molecule has 0 amide bonds. The highest BCUT2D eigenvalue weighted by molar-refractivity contribution is 6.36. The van der Waals surface area contributed by atoms with Crippen molar-refractivity contribution in [1.29, 1.82) is 0 Å². The number of hydrogen-bond acceptors (Lipinski definition) is 1. The third kappa shape index (κ3) is 2.05. The zero-order valence-electron chi connectivity index (χ0n) is 10.2. The number of carbonyl (C=O) groups excluding carboxylic acids is 1. The molecule has 1 aromatic carbocycles. The van der Waals surface area contributed by atoms with E-state index < -0.39 is 0 Å². The monoisotopic (exact) mass is 261 g/mol. The highest BCUT2D eigenvalue weighted by Crippen LogP contribution is 2.32. The summed E-state index contributed by atoms with van der Waals surface area (Å²) in [6.45, 7) is 0. The molecule has 94 valence electrons. The van der Waals surface area contributed by atoms with Gasteiger partial charge in [-0.3, -0.25) is 4.79 Å². The molecule has 2 aromatic rings. The van der Waals surface area contributed by atoms with Crippen LogP contribution in [-0.4, -0.2) is 10.8 Å². The van der Waals surface area contributed by atoms with Gasteiger partial charge in [0.05, 0.1) is 5.02 Å². The molecule has 3 rings (SSSR count). The van der Waals surface area contributed by atoms with Crippen LogP contribution in [0.5, 0.6) is 0 Å². The number of aromatic amines is 1. The molecule has 0 saturated heterocycles. The molecule has 1 saturated carbocycles. The highest BCUT2D eigenvalue weighted by Gasteiger charge is 2.21. The molecule has 0 bridgehead atoms. The predicted octanol–water partition coefficient (Wildman–Crippen LogP) is 4.58. The van der Waals surface area contributed by atoms with E-state index >= 15 is 0 Å². The first-order valence-corrected chi connectivity index (χ1v) is 6.92. The molecule has 0 aliphatic heterocycles. The lowest BCUT2D eigenvalue weighted by Gasteiger charge is -2.07. The minimum absolute atomic E-state index is 0.223. The highest BCUT2D eigenvalue weighted by atomic mass is 35.5. The Morgan fingerprint density at radius 1 is 1.33 bits per heavy atom. The number of nitrogens with one attached hydrogen (secondary N) is 1. The summed E-state index contributed by atoms with van der Waals surface area (Å²) in [5.74, 6) is 0.797. The second-order valence-electron chi connectivity index (χ2n) is 5.14. The maximum Gasteiger partial charge on any atom is 0.165 e.